The van der Waals surface area contributed by atoms with Gasteiger partial charge in [0.1, 0.15) is 17.4 Å². The Hall–Kier alpha value is -3.13. The molecule has 2 aromatic heterocycles. The fourth-order valence-corrected chi connectivity index (χ4v) is 2.06. The van der Waals surface area contributed by atoms with Crippen molar-refractivity contribution in [2.75, 3.05) is 0 Å². The van der Waals surface area contributed by atoms with E-state index in [0.29, 0.717) is 23.0 Å². The monoisotopic (exact) mass is 276 g/mol. The minimum atomic E-state index is 0.405. The van der Waals surface area contributed by atoms with Gasteiger partial charge in [-0.3, -0.25) is 0 Å². The van der Waals surface area contributed by atoms with Crippen molar-refractivity contribution >= 4 is 11.6 Å². The van der Waals surface area contributed by atoms with Gasteiger partial charge in [-0.25, -0.2) is 0 Å². The van der Waals surface area contributed by atoms with Crippen LogP contribution >= 0.6 is 0 Å². The summed E-state index contributed by atoms with van der Waals surface area (Å²) in [6.45, 7) is 0. The predicted molar refractivity (Wildman–Crippen MR) is 78.6 cm³/mol. The smallest absolute Gasteiger partial charge is 0.174 e. The van der Waals surface area contributed by atoms with E-state index in [2.05, 4.69) is 16.3 Å². The quantitative estimate of drug-likeness (QED) is 0.689. The summed E-state index contributed by atoms with van der Waals surface area (Å²) in [5.41, 5.74) is 1.36. The molecule has 5 nitrogen and oxygen atoms in total. The number of allylic oxidation sites excluding steroid dienone is 1. The predicted octanol–water partition coefficient (Wildman–Crippen LogP) is 3.14. The number of nitriles is 1. The number of nitrogens with zero attached hydrogens (tertiary/aromatic N) is 4. The second kappa shape index (κ2) is 5.47. The number of furan rings is 1. The van der Waals surface area contributed by atoms with Gasteiger partial charge < -0.3 is 8.98 Å². The van der Waals surface area contributed by atoms with Gasteiger partial charge in [-0.05, 0) is 12.1 Å². The number of benzene rings is 1. The van der Waals surface area contributed by atoms with E-state index in [9.17, 15) is 5.26 Å². The zero-order valence-corrected chi connectivity index (χ0v) is 11.4. The van der Waals surface area contributed by atoms with Gasteiger partial charge in [-0.1, -0.05) is 30.3 Å². The van der Waals surface area contributed by atoms with Crippen molar-refractivity contribution in [3.05, 3.63) is 60.3 Å². The zero-order chi connectivity index (χ0) is 14.7. The molecule has 102 valence electrons. The molecule has 21 heavy (non-hydrogen) atoms. The van der Waals surface area contributed by atoms with Crippen LogP contribution in [0.1, 0.15) is 11.6 Å². The molecule has 0 radical (unpaired) electrons. The maximum Gasteiger partial charge on any atom is 0.174 e. The van der Waals surface area contributed by atoms with E-state index in [4.69, 9.17) is 4.42 Å². The number of hydrogen-bond donors (Lipinski definition) is 0. The largest absolute Gasteiger partial charge is 0.465 e. The molecule has 0 spiro atoms. The van der Waals surface area contributed by atoms with Crippen LogP contribution in [-0.4, -0.2) is 14.8 Å². The van der Waals surface area contributed by atoms with Crippen LogP contribution in [0.15, 0.2) is 53.1 Å². The lowest BCUT2D eigenvalue weighted by Crippen LogP contribution is -1.98. The van der Waals surface area contributed by atoms with Crippen LogP contribution in [0.2, 0.25) is 0 Å². The van der Waals surface area contributed by atoms with Gasteiger partial charge in [-0.15, -0.1) is 10.2 Å². The highest BCUT2D eigenvalue weighted by Gasteiger charge is 2.14. The Kier molecular flexibility index (Phi) is 3.36. The van der Waals surface area contributed by atoms with Crippen LogP contribution < -0.4 is 0 Å². The summed E-state index contributed by atoms with van der Waals surface area (Å²) in [7, 11) is 1.84. The summed E-state index contributed by atoms with van der Waals surface area (Å²) in [6.07, 6.45) is 3.21. The number of aromatic nitrogens is 3. The molecule has 0 bridgehead atoms. The summed E-state index contributed by atoms with van der Waals surface area (Å²) in [4.78, 5) is 0. The molecule has 0 saturated carbocycles. The Balaban J connectivity index is 2.04. The molecule has 0 aliphatic carbocycles. The molecule has 0 atom stereocenters. The zero-order valence-electron chi connectivity index (χ0n) is 11.4. The third kappa shape index (κ3) is 2.47. The van der Waals surface area contributed by atoms with Gasteiger partial charge in [0.05, 0.1) is 6.26 Å². The summed E-state index contributed by atoms with van der Waals surface area (Å²) < 4.78 is 7.03. The van der Waals surface area contributed by atoms with Crippen molar-refractivity contribution in [1.82, 2.24) is 14.8 Å². The van der Waals surface area contributed by atoms with Gasteiger partial charge in [0, 0.05) is 18.7 Å². The van der Waals surface area contributed by atoms with E-state index in [1.165, 1.54) is 0 Å². The third-order valence-electron chi connectivity index (χ3n) is 3.10. The summed E-state index contributed by atoms with van der Waals surface area (Å²) in [5, 5.41) is 17.6. The highest BCUT2D eigenvalue weighted by atomic mass is 16.3. The van der Waals surface area contributed by atoms with Crippen molar-refractivity contribution < 1.29 is 4.42 Å². The van der Waals surface area contributed by atoms with Crippen LogP contribution in [-0.2, 0) is 7.05 Å². The molecule has 3 aromatic rings. The van der Waals surface area contributed by atoms with E-state index >= 15 is 0 Å². The van der Waals surface area contributed by atoms with E-state index in [-0.39, 0.29) is 0 Å². The lowest BCUT2D eigenvalue weighted by molar-refractivity contribution is 0.557. The Bertz CT molecular complexity index is 808. The number of hydrogen-bond acceptors (Lipinski definition) is 4. The van der Waals surface area contributed by atoms with Crippen LogP contribution in [0.4, 0.5) is 0 Å². The second-order valence-electron chi connectivity index (χ2n) is 4.46. The van der Waals surface area contributed by atoms with Crippen LogP contribution in [0.3, 0.4) is 0 Å². The molecule has 0 unspecified atom stereocenters. The third-order valence-corrected chi connectivity index (χ3v) is 3.10. The first-order valence-corrected chi connectivity index (χ1v) is 6.40. The fourth-order valence-electron chi connectivity index (χ4n) is 2.06. The summed E-state index contributed by atoms with van der Waals surface area (Å²) in [6, 6.07) is 15.4. The molecule has 5 heteroatoms. The van der Waals surface area contributed by atoms with E-state index in [1.54, 1.807) is 29.0 Å². The number of rotatable bonds is 3. The molecular formula is C16H12N4O. The highest BCUT2D eigenvalue weighted by Crippen LogP contribution is 2.21. The average molecular weight is 276 g/mol. The topological polar surface area (TPSA) is 67.6 Å². The Morgan fingerprint density at radius 2 is 2.00 bits per heavy atom. The Labute approximate surface area is 121 Å². The van der Waals surface area contributed by atoms with Crippen molar-refractivity contribution in [3.8, 4) is 17.5 Å². The molecular weight excluding hydrogens is 264 g/mol. The van der Waals surface area contributed by atoms with E-state index in [1.807, 2.05) is 37.4 Å². The average Bonchev–Trinajstić information content (AvgIpc) is 3.15. The van der Waals surface area contributed by atoms with Gasteiger partial charge in [-0.2, -0.15) is 5.26 Å². The SMILES string of the molecule is Cn1c(/C(C#N)=C\c2ccco2)nnc1-c1ccccc1. The van der Waals surface area contributed by atoms with Gasteiger partial charge in [0.2, 0.25) is 0 Å². The first kappa shape index (κ1) is 12.9. The highest BCUT2D eigenvalue weighted by molar-refractivity contribution is 5.86. The van der Waals surface area contributed by atoms with Crippen molar-refractivity contribution in [1.29, 1.82) is 5.26 Å². The van der Waals surface area contributed by atoms with E-state index < -0.39 is 0 Å². The molecule has 0 N–H and O–H groups in total. The normalized spacial score (nSPS) is 11.3. The maximum absolute atomic E-state index is 9.34. The molecule has 0 aliphatic rings. The Morgan fingerprint density at radius 1 is 1.19 bits per heavy atom. The molecule has 0 amide bonds. The van der Waals surface area contributed by atoms with E-state index in [0.717, 1.165) is 5.56 Å². The molecule has 0 fully saturated rings. The standard InChI is InChI=1S/C16H12N4O/c1-20-15(12-6-3-2-4-7-12)18-19-16(20)13(11-17)10-14-8-5-9-21-14/h2-10H,1H3/b13-10-. The summed E-state index contributed by atoms with van der Waals surface area (Å²) >= 11 is 0. The van der Waals surface area contributed by atoms with Gasteiger partial charge in [0.25, 0.3) is 0 Å². The first-order chi connectivity index (χ1) is 10.3. The first-order valence-electron chi connectivity index (χ1n) is 6.40. The molecule has 0 aliphatic heterocycles. The molecule has 0 saturated heterocycles. The van der Waals surface area contributed by atoms with Crippen LogP contribution in [0.25, 0.3) is 23.0 Å². The lowest BCUT2D eigenvalue weighted by Gasteiger charge is -2.02. The second-order valence-corrected chi connectivity index (χ2v) is 4.46. The maximum atomic E-state index is 9.34. The minimum absolute atomic E-state index is 0.405. The van der Waals surface area contributed by atoms with Gasteiger partial charge in [0.15, 0.2) is 11.6 Å². The van der Waals surface area contributed by atoms with Crippen molar-refractivity contribution in [2.45, 2.75) is 0 Å². The molecule has 3 rings (SSSR count). The minimum Gasteiger partial charge on any atom is -0.465 e. The Morgan fingerprint density at radius 3 is 2.67 bits per heavy atom. The van der Waals surface area contributed by atoms with Crippen molar-refractivity contribution in [3.63, 3.8) is 0 Å². The van der Waals surface area contributed by atoms with Gasteiger partial charge >= 0.3 is 0 Å². The lowest BCUT2D eigenvalue weighted by atomic mass is 10.2. The molecule has 2 heterocycles. The fraction of sp³-hybridized carbons (Fsp3) is 0.0625. The van der Waals surface area contributed by atoms with Crippen LogP contribution in [0.5, 0.6) is 0 Å². The summed E-state index contributed by atoms with van der Waals surface area (Å²) in [5.74, 6) is 1.83. The van der Waals surface area contributed by atoms with Crippen LogP contribution in [0, 0.1) is 11.3 Å². The van der Waals surface area contributed by atoms with Crippen molar-refractivity contribution in [2.24, 2.45) is 7.05 Å². The molecule has 1 aromatic carbocycles.